The second-order valence-corrected chi connectivity index (χ2v) is 6.27. The monoisotopic (exact) mass is 332 g/mol. The number of halogens is 1. The van der Waals surface area contributed by atoms with Crippen molar-refractivity contribution < 1.29 is 9.18 Å². The number of carbonyl (C=O) groups excluding carboxylic acids is 1. The smallest absolute Gasteiger partial charge is 0.224 e. The molecule has 2 heterocycles. The van der Waals surface area contributed by atoms with Crippen LogP contribution in [0.5, 0.6) is 0 Å². The van der Waals surface area contributed by atoms with E-state index >= 15 is 0 Å². The molecule has 0 saturated heterocycles. The van der Waals surface area contributed by atoms with Crippen molar-refractivity contribution in [3.63, 3.8) is 0 Å². The van der Waals surface area contributed by atoms with Gasteiger partial charge in [0.15, 0.2) is 0 Å². The SMILES string of the molecule is CCc1nn2c(CNC(=O)Cc3ccccc3F)c(C)nc2s1. The molecule has 0 aliphatic carbocycles. The first-order valence-electron chi connectivity index (χ1n) is 7.42. The standard InChI is InChI=1S/C16H17FN4OS/c1-3-15-20-21-13(10(2)19-16(21)23-15)9-18-14(22)8-11-6-4-5-7-12(11)17/h4-7H,3,8-9H2,1-2H3,(H,18,22). The van der Waals surface area contributed by atoms with E-state index in [0.29, 0.717) is 12.1 Å². The molecule has 23 heavy (non-hydrogen) atoms. The number of carbonyl (C=O) groups is 1. The van der Waals surface area contributed by atoms with Gasteiger partial charge in [-0.05, 0) is 25.0 Å². The second-order valence-electron chi connectivity index (χ2n) is 5.23. The second kappa shape index (κ2) is 6.45. The molecule has 0 spiro atoms. The van der Waals surface area contributed by atoms with Gasteiger partial charge in [-0.15, -0.1) is 0 Å². The van der Waals surface area contributed by atoms with E-state index in [9.17, 15) is 9.18 Å². The zero-order valence-electron chi connectivity index (χ0n) is 13.0. The highest BCUT2D eigenvalue weighted by molar-refractivity contribution is 7.16. The Morgan fingerprint density at radius 1 is 1.39 bits per heavy atom. The zero-order chi connectivity index (χ0) is 16.4. The number of benzene rings is 1. The Hall–Kier alpha value is -2.28. The van der Waals surface area contributed by atoms with Gasteiger partial charge in [0.1, 0.15) is 10.8 Å². The minimum atomic E-state index is -0.363. The molecule has 0 bridgehead atoms. The Labute approximate surface area is 137 Å². The van der Waals surface area contributed by atoms with Crippen molar-refractivity contribution in [2.75, 3.05) is 0 Å². The average Bonchev–Trinajstić information content (AvgIpc) is 3.04. The molecule has 1 aromatic carbocycles. The normalized spacial score (nSPS) is 11.1. The van der Waals surface area contributed by atoms with Crippen LogP contribution in [0.4, 0.5) is 4.39 Å². The van der Waals surface area contributed by atoms with Crippen molar-refractivity contribution in [1.82, 2.24) is 19.9 Å². The summed E-state index contributed by atoms with van der Waals surface area (Å²) in [6.45, 7) is 4.26. The minimum Gasteiger partial charge on any atom is -0.350 e. The Morgan fingerprint density at radius 2 is 2.17 bits per heavy atom. The lowest BCUT2D eigenvalue weighted by molar-refractivity contribution is -0.120. The van der Waals surface area contributed by atoms with Gasteiger partial charge in [-0.1, -0.05) is 36.5 Å². The average molecular weight is 332 g/mol. The van der Waals surface area contributed by atoms with E-state index in [1.165, 1.54) is 6.07 Å². The summed E-state index contributed by atoms with van der Waals surface area (Å²) in [6, 6.07) is 6.30. The fourth-order valence-corrected chi connectivity index (χ4v) is 3.23. The molecule has 5 nitrogen and oxygen atoms in total. The third kappa shape index (κ3) is 3.24. The van der Waals surface area contributed by atoms with Crippen LogP contribution in [0.2, 0.25) is 0 Å². The van der Waals surface area contributed by atoms with Gasteiger partial charge < -0.3 is 5.32 Å². The maximum absolute atomic E-state index is 13.6. The van der Waals surface area contributed by atoms with E-state index in [1.807, 2.05) is 13.8 Å². The summed E-state index contributed by atoms with van der Waals surface area (Å²) in [5.74, 6) is -0.590. The van der Waals surface area contributed by atoms with Crippen LogP contribution in [0.3, 0.4) is 0 Å². The molecule has 3 aromatic rings. The van der Waals surface area contributed by atoms with Crippen LogP contribution < -0.4 is 5.32 Å². The molecule has 0 radical (unpaired) electrons. The van der Waals surface area contributed by atoms with Crippen molar-refractivity contribution >= 4 is 22.2 Å². The lowest BCUT2D eigenvalue weighted by Gasteiger charge is -2.06. The van der Waals surface area contributed by atoms with Crippen molar-refractivity contribution in [2.45, 2.75) is 33.2 Å². The van der Waals surface area contributed by atoms with Crippen LogP contribution in [0.25, 0.3) is 4.96 Å². The number of imidazole rings is 1. The number of nitrogens with one attached hydrogen (secondary N) is 1. The van der Waals surface area contributed by atoms with Crippen LogP contribution in [0.1, 0.15) is 28.9 Å². The molecular weight excluding hydrogens is 315 g/mol. The number of aromatic nitrogens is 3. The molecule has 1 amide bonds. The summed E-state index contributed by atoms with van der Waals surface area (Å²) in [5, 5.41) is 8.31. The number of amides is 1. The summed E-state index contributed by atoms with van der Waals surface area (Å²) < 4.78 is 15.4. The first kappa shape index (κ1) is 15.6. The minimum absolute atomic E-state index is 0.0188. The van der Waals surface area contributed by atoms with Crippen molar-refractivity contribution in [3.05, 3.63) is 52.0 Å². The maximum Gasteiger partial charge on any atom is 0.224 e. The van der Waals surface area contributed by atoms with E-state index in [1.54, 1.807) is 34.1 Å². The van der Waals surface area contributed by atoms with Gasteiger partial charge in [0.2, 0.25) is 10.9 Å². The molecule has 120 valence electrons. The van der Waals surface area contributed by atoms with E-state index < -0.39 is 0 Å². The third-order valence-electron chi connectivity index (χ3n) is 3.60. The summed E-state index contributed by atoms with van der Waals surface area (Å²) in [5.41, 5.74) is 2.09. The molecule has 0 fully saturated rings. The molecule has 0 aliphatic heterocycles. The third-order valence-corrected chi connectivity index (χ3v) is 4.66. The fraction of sp³-hybridized carbons (Fsp3) is 0.312. The van der Waals surface area contributed by atoms with Crippen LogP contribution >= 0.6 is 11.3 Å². The quantitative estimate of drug-likeness (QED) is 0.781. The van der Waals surface area contributed by atoms with E-state index in [0.717, 1.165) is 27.8 Å². The van der Waals surface area contributed by atoms with Gasteiger partial charge in [0.25, 0.3) is 0 Å². The van der Waals surface area contributed by atoms with E-state index in [4.69, 9.17) is 0 Å². The molecule has 1 N–H and O–H groups in total. The van der Waals surface area contributed by atoms with Crippen molar-refractivity contribution in [2.24, 2.45) is 0 Å². The number of rotatable bonds is 5. The summed E-state index contributed by atoms with van der Waals surface area (Å²) >= 11 is 1.55. The van der Waals surface area contributed by atoms with Gasteiger partial charge in [0, 0.05) is 0 Å². The van der Waals surface area contributed by atoms with Crippen molar-refractivity contribution in [1.29, 1.82) is 0 Å². The number of nitrogens with zero attached hydrogens (tertiary/aromatic N) is 3. The van der Waals surface area contributed by atoms with Crippen LogP contribution in [0, 0.1) is 12.7 Å². The van der Waals surface area contributed by atoms with Crippen LogP contribution in [-0.2, 0) is 24.2 Å². The molecular formula is C16H17FN4OS. The first-order valence-corrected chi connectivity index (χ1v) is 8.24. The lowest BCUT2D eigenvalue weighted by atomic mass is 10.1. The Bertz CT molecular complexity index is 855. The maximum atomic E-state index is 13.6. The fourth-order valence-electron chi connectivity index (χ4n) is 2.34. The summed E-state index contributed by atoms with van der Waals surface area (Å²) in [4.78, 5) is 17.3. The Morgan fingerprint density at radius 3 is 2.91 bits per heavy atom. The predicted molar refractivity (Wildman–Crippen MR) is 86.9 cm³/mol. The van der Waals surface area contributed by atoms with Crippen LogP contribution in [-0.4, -0.2) is 20.5 Å². The van der Waals surface area contributed by atoms with Gasteiger partial charge in [-0.2, -0.15) is 5.10 Å². The number of hydrogen-bond acceptors (Lipinski definition) is 4. The largest absolute Gasteiger partial charge is 0.350 e. The molecule has 0 unspecified atom stereocenters. The topological polar surface area (TPSA) is 59.3 Å². The molecule has 0 aliphatic rings. The zero-order valence-corrected chi connectivity index (χ0v) is 13.8. The number of hydrogen-bond donors (Lipinski definition) is 1. The highest BCUT2D eigenvalue weighted by atomic mass is 32.1. The highest BCUT2D eigenvalue weighted by Gasteiger charge is 2.14. The lowest BCUT2D eigenvalue weighted by Crippen LogP contribution is -2.26. The summed E-state index contributed by atoms with van der Waals surface area (Å²) in [6.07, 6.45) is 0.872. The van der Waals surface area contributed by atoms with Gasteiger partial charge in [0.05, 0.1) is 24.4 Å². The molecule has 2 aromatic heterocycles. The molecule has 7 heteroatoms. The van der Waals surface area contributed by atoms with Gasteiger partial charge in [-0.3, -0.25) is 4.79 Å². The summed E-state index contributed by atoms with van der Waals surface area (Å²) in [7, 11) is 0. The van der Waals surface area contributed by atoms with E-state index in [-0.39, 0.29) is 18.1 Å². The van der Waals surface area contributed by atoms with Gasteiger partial charge >= 0.3 is 0 Å². The van der Waals surface area contributed by atoms with E-state index in [2.05, 4.69) is 15.4 Å². The molecule has 0 saturated carbocycles. The van der Waals surface area contributed by atoms with Crippen LogP contribution in [0.15, 0.2) is 24.3 Å². The Kier molecular flexibility index (Phi) is 4.38. The van der Waals surface area contributed by atoms with Crippen molar-refractivity contribution in [3.8, 4) is 0 Å². The number of aryl methyl sites for hydroxylation is 2. The molecule has 0 atom stereocenters. The first-order chi connectivity index (χ1) is 11.1. The Balaban J connectivity index is 1.70. The number of fused-ring (bicyclic) bond motifs is 1. The highest BCUT2D eigenvalue weighted by Crippen LogP contribution is 2.18. The van der Waals surface area contributed by atoms with Gasteiger partial charge in [-0.25, -0.2) is 13.9 Å². The predicted octanol–water partition coefficient (Wildman–Crippen LogP) is 2.66. The molecule has 3 rings (SSSR count).